The second-order valence-electron chi connectivity index (χ2n) is 7.87. The summed E-state index contributed by atoms with van der Waals surface area (Å²) >= 11 is 6.27. The van der Waals surface area contributed by atoms with Gasteiger partial charge in [-0.2, -0.15) is 0 Å². The first-order valence-corrected chi connectivity index (χ1v) is 10.8. The Balaban J connectivity index is 1.65. The van der Waals surface area contributed by atoms with Crippen LogP contribution in [0.3, 0.4) is 0 Å². The van der Waals surface area contributed by atoms with E-state index in [0.29, 0.717) is 48.3 Å². The van der Waals surface area contributed by atoms with Gasteiger partial charge in [0, 0.05) is 36.9 Å². The molecular weight excluding hydrogens is 414 g/mol. The van der Waals surface area contributed by atoms with Crippen LogP contribution in [0.1, 0.15) is 16.7 Å². The second-order valence-corrected chi connectivity index (χ2v) is 8.28. The average molecular weight is 440 g/mol. The van der Waals surface area contributed by atoms with E-state index in [1.807, 2.05) is 50.2 Å². The summed E-state index contributed by atoms with van der Waals surface area (Å²) in [6, 6.07) is 13.1. The maximum Gasteiger partial charge on any atom is 0.278 e. The van der Waals surface area contributed by atoms with Gasteiger partial charge >= 0.3 is 0 Å². The molecule has 2 amide bonds. The van der Waals surface area contributed by atoms with Crippen molar-refractivity contribution in [2.75, 3.05) is 44.7 Å². The van der Waals surface area contributed by atoms with Crippen LogP contribution in [0.4, 0.5) is 5.69 Å². The van der Waals surface area contributed by atoms with E-state index in [4.69, 9.17) is 16.3 Å². The largest absolute Gasteiger partial charge is 0.379 e. The van der Waals surface area contributed by atoms with E-state index in [0.717, 1.165) is 29.8 Å². The number of amides is 2. The van der Waals surface area contributed by atoms with E-state index < -0.39 is 0 Å². The van der Waals surface area contributed by atoms with Crippen LogP contribution in [0, 0.1) is 13.8 Å². The van der Waals surface area contributed by atoms with E-state index >= 15 is 0 Å². The number of anilines is 1. The van der Waals surface area contributed by atoms with E-state index in [1.165, 1.54) is 4.90 Å². The zero-order valence-corrected chi connectivity index (χ0v) is 18.5. The van der Waals surface area contributed by atoms with Crippen LogP contribution in [0.15, 0.2) is 48.2 Å². The molecule has 2 aromatic rings. The van der Waals surface area contributed by atoms with E-state index in [9.17, 15) is 9.59 Å². The number of carbonyl (C=O) groups is 2. The number of nitrogens with zero attached hydrogens (tertiary/aromatic N) is 2. The monoisotopic (exact) mass is 439 g/mol. The molecule has 4 rings (SSSR count). The maximum atomic E-state index is 13.4. The summed E-state index contributed by atoms with van der Waals surface area (Å²) in [6.07, 6.45) is 0. The number of nitrogens with one attached hydrogen (secondary N) is 1. The Morgan fingerprint density at radius 3 is 2.39 bits per heavy atom. The molecule has 0 spiro atoms. The molecular formula is C24H26ClN3O3. The van der Waals surface area contributed by atoms with Crippen molar-refractivity contribution in [2.24, 2.45) is 0 Å². The minimum Gasteiger partial charge on any atom is -0.379 e. The quantitative estimate of drug-likeness (QED) is 0.698. The number of ether oxygens (including phenoxy) is 1. The summed E-state index contributed by atoms with van der Waals surface area (Å²) in [5.41, 5.74) is 4.04. The number of carbonyl (C=O) groups excluding carboxylic acids is 2. The summed E-state index contributed by atoms with van der Waals surface area (Å²) in [5.74, 6) is -0.586. The lowest BCUT2D eigenvalue weighted by atomic mass is 10.0. The van der Waals surface area contributed by atoms with Gasteiger partial charge < -0.3 is 10.1 Å². The Morgan fingerprint density at radius 2 is 1.68 bits per heavy atom. The molecule has 2 aliphatic heterocycles. The molecule has 0 radical (unpaired) electrons. The predicted octanol–water partition coefficient (Wildman–Crippen LogP) is 3.48. The fourth-order valence-corrected chi connectivity index (χ4v) is 4.00. The van der Waals surface area contributed by atoms with Gasteiger partial charge in [-0.25, -0.2) is 0 Å². The summed E-state index contributed by atoms with van der Waals surface area (Å²) in [6.45, 7) is 7.81. The molecule has 1 fully saturated rings. The van der Waals surface area contributed by atoms with Crippen molar-refractivity contribution >= 4 is 34.7 Å². The van der Waals surface area contributed by atoms with E-state index in [2.05, 4.69) is 10.2 Å². The first-order valence-electron chi connectivity index (χ1n) is 10.5. The summed E-state index contributed by atoms with van der Waals surface area (Å²) in [7, 11) is 0. The molecule has 2 aliphatic rings. The molecule has 0 atom stereocenters. The van der Waals surface area contributed by atoms with Crippen molar-refractivity contribution in [3.05, 3.63) is 69.9 Å². The van der Waals surface area contributed by atoms with Crippen LogP contribution in [0.25, 0.3) is 5.57 Å². The normalized spacial score (nSPS) is 17.6. The summed E-state index contributed by atoms with van der Waals surface area (Å²) < 4.78 is 5.38. The van der Waals surface area contributed by atoms with E-state index in [-0.39, 0.29) is 11.8 Å². The second kappa shape index (κ2) is 9.22. The smallest absolute Gasteiger partial charge is 0.278 e. The van der Waals surface area contributed by atoms with Crippen LogP contribution in [0.5, 0.6) is 0 Å². The maximum absolute atomic E-state index is 13.4. The summed E-state index contributed by atoms with van der Waals surface area (Å²) in [4.78, 5) is 30.3. The number of halogens is 1. The lowest BCUT2D eigenvalue weighted by Gasteiger charge is -2.28. The highest BCUT2D eigenvalue weighted by Gasteiger charge is 2.39. The van der Waals surface area contributed by atoms with Gasteiger partial charge in [-0.1, -0.05) is 47.5 Å². The van der Waals surface area contributed by atoms with Gasteiger partial charge in [0.15, 0.2) is 0 Å². The molecule has 0 aromatic heterocycles. The lowest BCUT2D eigenvalue weighted by Crippen LogP contribution is -2.43. The molecule has 2 aromatic carbocycles. The molecule has 0 bridgehead atoms. The van der Waals surface area contributed by atoms with Crippen LogP contribution >= 0.6 is 11.6 Å². The molecule has 162 valence electrons. The number of morpholine rings is 1. The molecule has 6 nitrogen and oxygen atoms in total. The average Bonchev–Trinajstić information content (AvgIpc) is 3.00. The van der Waals surface area contributed by atoms with Gasteiger partial charge in [-0.15, -0.1) is 0 Å². The van der Waals surface area contributed by atoms with Crippen molar-refractivity contribution in [2.45, 2.75) is 13.8 Å². The standard InChI is InChI=1S/C24H26ClN3O3/c1-16-6-8-18(9-7-16)21-22(26-20-5-3-4-19(25)17(20)2)24(30)28(23(21)29)11-10-27-12-14-31-15-13-27/h3-9,26H,10-15H2,1-2H3. The first kappa shape index (κ1) is 21.6. The van der Waals surface area contributed by atoms with Crippen LogP contribution in [-0.4, -0.2) is 61.0 Å². The highest BCUT2D eigenvalue weighted by atomic mass is 35.5. The number of rotatable bonds is 6. The van der Waals surface area contributed by atoms with Crippen LogP contribution in [-0.2, 0) is 14.3 Å². The van der Waals surface area contributed by atoms with Gasteiger partial charge in [-0.3, -0.25) is 19.4 Å². The van der Waals surface area contributed by atoms with Crippen molar-refractivity contribution < 1.29 is 14.3 Å². The molecule has 0 unspecified atom stereocenters. The Labute approximate surface area is 187 Å². The third kappa shape index (κ3) is 4.51. The molecule has 7 heteroatoms. The van der Waals surface area contributed by atoms with Crippen molar-refractivity contribution in [3.8, 4) is 0 Å². The number of imide groups is 1. The molecule has 31 heavy (non-hydrogen) atoms. The highest BCUT2D eigenvalue weighted by molar-refractivity contribution is 6.36. The van der Waals surface area contributed by atoms with Gasteiger partial charge in [0.25, 0.3) is 11.8 Å². The minimum absolute atomic E-state index is 0.274. The zero-order valence-electron chi connectivity index (χ0n) is 17.8. The van der Waals surface area contributed by atoms with Gasteiger partial charge in [0.2, 0.25) is 0 Å². The van der Waals surface area contributed by atoms with Crippen molar-refractivity contribution in [1.29, 1.82) is 0 Å². The topological polar surface area (TPSA) is 61.9 Å². The van der Waals surface area contributed by atoms with Gasteiger partial charge in [0.05, 0.1) is 18.8 Å². The lowest BCUT2D eigenvalue weighted by molar-refractivity contribution is -0.137. The fraction of sp³-hybridized carbons (Fsp3) is 0.333. The Bertz CT molecular complexity index is 1030. The Hall–Kier alpha value is -2.67. The first-order chi connectivity index (χ1) is 15.0. The van der Waals surface area contributed by atoms with E-state index in [1.54, 1.807) is 6.07 Å². The molecule has 1 saturated heterocycles. The number of aryl methyl sites for hydroxylation is 1. The zero-order chi connectivity index (χ0) is 22.0. The third-order valence-corrected chi connectivity index (χ3v) is 6.19. The minimum atomic E-state index is -0.312. The van der Waals surface area contributed by atoms with Gasteiger partial charge in [-0.05, 0) is 37.1 Å². The number of hydrogen-bond acceptors (Lipinski definition) is 5. The highest BCUT2D eigenvalue weighted by Crippen LogP contribution is 2.32. The molecule has 0 aliphatic carbocycles. The van der Waals surface area contributed by atoms with Crippen molar-refractivity contribution in [1.82, 2.24) is 9.80 Å². The Kier molecular flexibility index (Phi) is 6.41. The molecule has 2 heterocycles. The molecule has 0 saturated carbocycles. The van der Waals surface area contributed by atoms with Gasteiger partial charge in [0.1, 0.15) is 5.70 Å². The fourth-order valence-electron chi connectivity index (χ4n) is 3.83. The SMILES string of the molecule is Cc1ccc(C2=C(Nc3cccc(Cl)c3C)C(=O)N(CCN3CCOCC3)C2=O)cc1. The van der Waals surface area contributed by atoms with Crippen molar-refractivity contribution in [3.63, 3.8) is 0 Å². The number of hydrogen-bond donors (Lipinski definition) is 1. The Morgan fingerprint density at radius 1 is 0.968 bits per heavy atom. The predicted molar refractivity (Wildman–Crippen MR) is 122 cm³/mol. The van der Waals surface area contributed by atoms with Crippen LogP contribution in [0.2, 0.25) is 5.02 Å². The molecule has 1 N–H and O–H groups in total. The summed E-state index contributed by atoms with van der Waals surface area (Å²) in [5, 5.41) is 3.81. The third-order valence-electron chi connectivity index (χ3n) is 5.78. The number of benzene rings is 2. The van der Waals surface area contributed by atoms with Crippen LogP contribution < -0.4 is 5.32 Å².